The summed E-state index contributed by atoms with van der Waals surface area (Å²) in [7, 11) is 0. The van der Waals surface area contributed by atoms with Crippen LogP contribution in [0.2, 0.25) is 0 Å². The average Bonchev–Trinajstić information content (AvgIpc) is 2.16. The molecule has 108 valence electrons. The van der Waals surface area contributed by atoms with E-state index in [4.69, 9.17) is 0 Å². The van der Waals surface area contributed by atoms with Crippen molar-refractivity contribution < 1.29 is 9.59 Å². The quantitative estimate of drug-likeness (QED) is 0.820. The lowest BCUT2D eigenvalue weighted by Crippen LogP contribution is -2.33. The normalized spacial score (nSPS) is 10.7. The zero-order chi connectivity index (χ0) is 14.9. The van der Waals surface area contributed by atoms with Crippen LogP contribution in [-0.4, -0.2) is 17.7 Å². The van der Waals surface area contributed by atoms with Gasteiger partial charge in [0.15, 0.2) is 0 Å². The van der Waals surface area contributed by atoms with Crippen molar-refractivity contribution >= 4 is 11.7 Å². The summed E-state index contributed by atoms with van der Waals surface area (Å²) in [5, 5.41) is 2.80. The Morgan fingerprint density at radius 3 is 1.39 bits per heavy atom. The molecular weight excluding hydrogens is 226 g/mol. The van der Waals surface area contributed by atoms with Crippen LogP contribution in [0.5, 0.6) is 0 Å². The highest BCUT2D eigenvalue weighted by atomic mass is 16.2. The molecule has 0 bridgehead atoms. The Labute approximate surface area is 113 Å². The van der Waals surface area contributed by atoms with Crippen molar-refractivity contribution in [3.63, 3.8) is 0 Å². The van der Waals surface area contributed by atoms with Crippen molar-refractivity contribution in [1.29, 1.82) is 0 Å². The summed E-state index contributed by atoms with van der Waals surface area (Å²) in [6.07, 6.45) is 0.734. The summed E-state index contributed by atoms with van der Waals surface area (Å²) >= 11 is 0. The molecule has 3 heteroatoms. The number of nitrogens with one attached hydrogen (secondary N) is 1. The van der Waals surface area contributed by atoms with Gasteiger partial charge in [0.25, 0.3) is 0 Å². The Bertz CT molecular complexity index is 217. The lowest BCUT2D eigenvalue weighted by molar-refractivity contribution is -0.124. The van der Waals surface area contributed by atoms with Crippen LogP contribution in [-0.2, 0) is 9.59 Å². The van der Waals surface area contributed by atoms with Crippen molar-refractivity contribution in [3.05, 3.63) is 0 Å². The highest BCUT2D eigenvalue weighted by Crippen LogP contribution is 2.06. The molecule has 0 fully saturated rings. The Balaban J connectivity index is 0. The van der Waals surface area contributed by atoms with Crippen LogP contribution in [0.1, 0.15) is 61.8 Å². The molecule has 0 aliphatic rings. The minimum absolute atomic E-state index is 0.104. The minimum Gasteiger partial charge on any atom is -0.354 e. The second-order valence-electron chi connectivity index (χ2n) is 6.04. The monoisotopic (exact) mass is 257 g/mol. The van der Waals surface area contributed by atoms with Gasteiger partial charge in [0.2, 0.25) is 5.91 Å². The lowest BCUT2D eigenvalue weighted by Gasteiger charge is -2.09. The molecule has 0 saturated heterocycles. The zero-order valence-corrected chi connectivity index (χ0v) is 13.3. The fourth-order valence-corrected chi connectivity index (χ4v) is 1.09. The number of amides is 1. The number of hydrogen-bond donors (Lipinski definition) is 1. The zero-order valence-electron chi connectivity index (χ0n) is 13.3. The number of carbonyl (C=O) groups is 2. The van der Waals surface area contributed by atoms with Crippen molar-refractivity contribution in [2.75, 3.05) is 0 Å². The first-order valence-electron chi connectivity index (χ1n) is 6.90. The van der Waals surface area contributed by atoms with E-state index in [2.05, 4.69) is 19.2 Å². The van der Waals surface area contributed by atoms with Gasteiger partial charge in [-0.3, -0.25) is 9.59 Å². The van der Waals surface area contributed by atoms with E-state index in [1.165, 1.54) is 0 Å². The van der Waals surface area contributed by atoms with E-state index in [9.17, 15) is 9.59 Å². The first-order chi connectivity index (χ1) is 8.07. The van der Waals surface area contributed by atoms with Crippen LogP contribution in [0.15, 0.2) is 0 Å². The first-order valence-corrected chi connectivity index (χ1v) is 6.90. The SMILES string of the molecule is CC(C)CC(=O)C(C)C.CC(C)NC(=O)C(C)C. The van der Waals surface area contributed by atoms with E-state index in [0.29, 0.717) is 11.7 Å². The molecule has 0 aliphatic heterocycles. The molecule has 0 heterocycles. The molecule has 0 unspecified atom stereocenters. The summed E-state index contributed by atoms with van der Waals surface area (Å²) in [6.45, 7) is 15.7. The first kappa shape index (κ1) is 19.5. The van der Waals surface area contributed by atoms with Crippen LogP contribution >= 0.6 is 0 Å². The molecule has 18 heavy (non-hydrogen) atoms. The van der Waals surface area contributed by atoms with Gasteiger partial charge in [-0.05, 0) is 19.8 Å². The average molecular weight is 257 g/mol. The molecule has 0 aromatic carbocycles. The van der Waals surface area contributed by atoms with Gasteiger partial charge in [0.05, 0.1) is 0 Å². The van der Waals surface area contributed by atoms with Gasteiger partial charge in [-0.15, -0.1) is 0 Å². The smallest absolute Gasteiger partial charge is 0.222 e. The second kappa shape index (κ2) is 10.1. The van der Waals surface area contributed by atoms with Gasteiger partial charge < -0.3 is 5.32 Å². The van der Waals surface area contributed by atoms with E-state index in [-0.39, 0.29) is 23.8 Å². The van der Waals surface area contributed by atoms with E-state index in [1.807, 2.05) is 41.5 Å². The highest BCUT2D eigenvalue weighted by molar-refractivity contribution is 5.80. The predicted molar refractivity (Wildman–Crippen MR) is 77.4 cm³/mol. The molecule has 0 aliphatic carbocycles. The van der Waals surface area contributed by atoms with Crippen LogP contribution in [0.25, 0.3) is 0 Å². The van der Waals surface area contributed by atoms with E-state index < -0.39 is 0 Å². The third-order valence-electron chi connectivity index (χ3n) is 2.21. The van der Waals surface area contributed by atoms with Crippen LogP contribution in [0.3, 0.4) is 0 Å². The topological polar surface area (TPSA) is 46.2 Å². The van der Waals surface area contributed by atoms with Crippen LogP contribution < -0.4 is 5.32 Å². The molecule has 0 rings (SSSR count). The Morgan fingerprint density at radius 1 is 0.833 bits per heavy atom. The fourth-order valence-electron chi connectivity index (χ4n) is 1.09. The van der Waals surface area contributed by atoms with Gasteiger partial charge in [-0.1, -0.05) is 41.5 Å². The van der Waals surface area contributed by atoms with Crippen molar-refractivity contribution in [1.82, 2.24) is 5.32 Å². The Morgan fingerprint density at radius 2 is 1.28 bits per heavy atom. The molecule has 0 atom stereocenters. The van der Waals surface area contributed by atoms with Gasteiger partial charge in [0.1, 0.15) is 5.78 Å². The maximum atomic E-state index is 11.0. The number of hydrogen-bond acceptors (Lipinski definition) is 2. The number of ketones is 1. The maximum absolute atomic E-state index is 11.0. The van der Waals surface area contributed by atoms with Crippen molar-refractivity contribution in [2.45, 2.75) is 67.9 Å². The van der Waals surface area contributed by atoms with Crippen LogP contribution in [0, 0.1) is 17.8 Å². The van der Waals surface area contributed by atoms with E-state index in [1.54, 1.807) is 0 Å². The van der Waals surface area contributed by atoms with Crippen molar-refractivity contribution in [2.24, 2.45) is 17.8 Å². The van der Waals surface area contributed by atoms with Gasteiger partial charge >= 0.3 is 0 Å². The summed E-state index contributed by atoms with van der Waals surface area (Å²) < 4.78 is 0. The molecule has 0 aromatic heterocycles. The molecule has 1 amide bonds. The number of Topliss-reactive ketones (excluding diaryl/α,β-unsaturated/α-hetero) is 1. The summed E-state index contributed by atoms with van der Waals surface area (Å²) in [5.74, 6) is 1.34. The summed E-state index contributed by atoms with van der Waals surface area (Å²) in [4.78, 5) is 21.8. The van der Waals surface area contributed by atoms with Crippen molar-refractivity contribution in [3.8, 4) is 0 Å². The second-order valence-corrected chi connectivity index (χ2v) is 6.04. The predicted octanol–water partition coefficient (Wildman–Crippen LogP) is 3.42. The van der Waals surface area contributed by atoms with Gasteiger partial charge in [-0.25, -0.2) is 0 Å². The maximum Gasteiger partial charge on any atom is 0.222 e. The molecule has 1 N–H and O–H groups in total. The largest absolute Gasteiger partial charge is 0.354 e. The van der Waals surface area contributed by atoms with E-state index in [0.717, 1.165) is 6.42 Å². The lowest BCUT2D eigenvalue weighted by atomic mass is 9.99. The molecule has 0 spiro atoms. The molecule has 3 nitrogen and oxygen atoms in total. The Kier molecular flexibility index (Phi) is 10.9. The van der Waals surface area contributed by atoms with E-state index >= 15 is 0 Å². The standard InChI is InChI=1S/C8H16O.C7H15NO/c1-6(2)5-8(9)7(3)4;1-5(2)7(9)8-6(3)4/h6-7H,5H2,1-4H3;5-6H,1-4H3,(H,8,9). The van der Waals surface area contributed by atoms with Gasteiger partial charge in [0, 0.05) is 24.3 Å². The summed E-state index contributed by atoms with van der Waals surface area (Å²) in [5.41, 5.74) is 0. The molecular formula is C15H31NO2. The van der Waals surface area contributed by atoms with Crippen LogP contribution in [0.4, 0.5) is 0 Å². The molecule has 0 saturated carbocycles. The Hall–Kier alpha value is -0.860. The minimum atomic E-state index is 0.104. The summed E-state index contributed by atoms with van der Waals surface area (Å²) in [6, 6.07) is 0.264. The highest BCUT2D eigenvalue weighted by Gasteiger charge is 2.08. The third-order valence-corrected chi connectivity index (χ3v) is 2.21. The number of rotatable bonds is 5. The third kappa shape index (κ3) is 13.2. The number of carbonyl (C=O) groups excluding carboxylic acids is 2. The molecule has 0 aromatic rings. The fraction of sp³-hybridized carbons (Fsp3) is 0.867. The van der Waals surface area contributed by atoms with Gasteiger partial charge in [-0.2, -0.15) is 0 Å². The molecule has 0 radical (unpaired) electrons.